The zero-order chi connectivity index (χ0) is 4.99. The van der Waals surface area contributed by atoms with Gasteiger partial charge in [-0.1, -0.05) is 0 Å². The van der Waals surface area contributed by atoms with E-state index in [4.69, 9.17) is 0 Å². The zero-order valence-electron chi connectivity index (χ0n) is 3.48. The molecule has 0 aliphatic rings. The summed E-state index contributed by atoms with van der Waals surface area (Å²) in [5.74, 6) is 0.546. The quantitative estimate of drug-likeness (QED) is 0.446. The molecule has 0 aromatic carbocycles. The minimum absolute atomic E-state index is 0.546. The second-order valence-corrected chi connectivity index (χ2v) is 0.961. The molecule has 0 rings (SSSR count). The molecule has 6 heavy (non-hydrogen) atoms. The van der Waals surface area contributed by atoms with Crippen LogP contribution in [0.1, 0.15) is 0 Å². The Morgan fingerprint density at radius 1 is 1.50 bits per heavy atom. The van der Waals surface area contributed by atoms with E-state index in [1.807, 2.05) is 0 Å². The number of hydrogen-bond acceptors (Lipinski definition) is 1. The molecule has 1 nitrogen and oxygen atoms in total. The highest BCUT2D eigenvalue weighted by Crippen LogP contribution is 1.92. The fourth-order valence-electron chi connectivity index (χ4n) is 0.0962. The van der Waals surface area contributed by atoms with Gasteiger partial charge in [0, 0.05) is 6.42 Å². The van der Waals surface area contributed by atoms with Gasteiger partial charge in [0.15, 0.2) is 0 Å². The van der Waals surface area contributed by atoms with Crippen LogP contribution in [0.25, 0.3) is 0 Å². The molecule has 0 heterocycles. The molecular formula is C5H6O. The molecule has 1 heteroatoms. The second kappa shape index (κ2) is 2.88. The van der Waals surface area contributed by atoms with Crippen LogP contribution in [-0.2, 0) is 4.79 Å². The van der Waals surface area contributed by atoms with E-state index in [0.717, 1.165) is 0 Å². The van der Waals surface area contributed by atoms with Crippen LogP contribution in [0.15, 0.2) is 0 Å². The average Bonchev–Trinajstić information content (AvgIpc) is 1.35. The smallest absolute Gasteiger partial charge is 0.124 e. The van der Waals surface area contributed by atoms with Crippen molar-refractivity contribution in [2.24, 2.45) is 0 Å². The summed E-state index contributed by atoms with van der Waals surface area (Å²) in [5.41, 5.74) is 0. The van der Waals surface area contributed by atoms with E-state index in [1.54, 1.807) is 0 Å². The van der Waals surface area contributed by atoms with Crippen LogP contribution in [0, 0.1) is 26.2 Å². The fraction of sp³-hybridized carbons (Fsp3) is 0. The minimum atomic E-state index is 0.546. The zero-order valence-corrected chi connectivity index (χ0v) is 3.48. The summed E-state index contributed by atoms with van der Waals surface area (Å²) in [5, 5.41) is 0. The van der Waals surface area contributed by atoms with Crippen molar-refractivity contribution < 1.29 is 4.79 Å². The summed E-state index contributed by atoms with van der Waals surface area (Å²) in [4.78, 5) is 9.46. The first-order chi connectivity index (χ1) is 2.77. The normalized spacial score (nSPS) is 9.17. The molecule has 0 amide bonds. The fourth-order valence-corrected chi connectivity index (χ4v) is 0.0962. The van der Waals surface area contributed by atoms with Crippen molar-refractivity contribution in [3.8, 4) is 0 Å². The standard InChI is InChI=1S/C5H6O/c1-5(2)3-4-6/h3-4H,1-2H2. The van der Waals surface area contributed by atoms with E-state index in [0.29, 0.717) is 12.2 Å². The Morgan fingerprint density at radius 3 is 2.00 bits per heavy atom. The van der Waals surface area contributed by atoms with Gasteiger partial charge in [-0.15, -0.1) is 0 Å². The summed E-state index contributed by atoms with van der Waals surface area (Å²) in [6.45, 7) is 6.69. The van der Waals surface area contributed by atoms with E-state index in [9.17, 15) is 4.79 Å². The average molecular weight is 82.1 g/mol. The number of hydrogen-bond donors (Lipinski definition) is 0. The highest BCUT2D eigenvalue weighted by atomic mass is 16.1. The van der Waals surface area contributed by atoms with Crippen LogP contribution in [-0.4, -0.2) is 6.29 Å². The molecular weight excluding hydrogens is 76.1 g/mol. The largest absolute Gasteiger partial charge is 0.303 e. The first-order valence-corrected chi connectivity index (χ1v) is 1.56. The molecule has 0 N–H and O–H groups in total. The van der Waals surface area contributed by atoms with Crippen molar-refractivity contribution >= 4 is 6.29 Å². The third-order valence-electron chi connectivity index (χ3n) is 0.304. The van der Waals surface area contributed by atoms with Crippen molar-refractivity contribution in [3.05, 3.63) is 26.2 Å². The Labute approximate surface area is 38.4 Å². The summed E-state index contributed by atoms with van der Waals surface area (Å²) in [7, 11) is 0. The van der Waals surface area contributed by atoms with Crippen LogP contribution in [0.3, 0.4) is 0 Å². The van der Waals surface area contributed by atoms with Crippen LogP contribution < -0.4 is 0 Å². The van der Waals surface area contributed by atoms with Gasteiger partial charge in [0.2, 0.25) is 0 Å². The van der Waals surface area contributed by atoms with Crippen molar-refractivity contribution in [1.82, 2.24) is 0 Å². The third-order valence-corrected chi connectivity index (χ3v) is 0.304. The van der Waals surface area contributed by atoms with Crippen LogP contribution in [0.5, 0.6) is 0 Å². The maximum atomic E-state index is 9.46. The highest BCUT2D eigenvalue weighted by Gasteiger charge is 1.88. The maximum Gasteiger partial charge on any atom is 0.124 e. The first kappa shape index (κ1) is 5.67. The Kier molecular flexibility index (Phi) is 2.73. The summed E-state index contributed by atoms with van der Waals surface area (Å²) in [6.07, 6.45) is 1.97. The monoisotopic (exact) mass is 82.0 g/mol. The van der Waals surface area contributed by atoms with E-state index < -0.39 is 0 Å². The van der Waals surface area contributed by atoms with Gasteiger partial charge in [-0.2, -0.15) is 0 Å². The molecule has 0 fully saturated rings. The Balaban J connectivity index is 2.81. The second-order valence-electron chi connectivity index (χ2n) is 0.961. The predicted octanol–water partition coefficient (Wildman–Crippen LogP) is 0.632. The van der Waals surface area contributed by atoms with Crippen molar-refractivity contribution in [3.63, 3.8) is 0 Å². The molecule has 0 atom stereocenters. The van der Waals surface area contributed by atoms with Gasteiger partial charge in [0.05, 0.1) is 0 Å². The van der Waals surface area contributed by atoms with Crippen molar-refractivity contribution in [1.29, 1.82) is 0 Å². The molecule has 0 aliphatic carbocycles. The number of aldehydes is 1. The van der Waals surface area contributed by atoms with Gasteiger partial charge in [-0.25, -0.2) is 0 Å². The predicted molar refractivity (Wildman–Crippen MR) is 24.3 cm³/mol. The van der Waals surface area contributed by atoms with E-state index >= 15 is 0 Å². The van der Waals surface area contributed by atoms with E-state index in [2.05, 4.69) is 13.8 Å². The SMILES string of the molecule is [CH2][C]([CH2])[CH]C=O. The molecule has 0 aromatic rings. The lowest BCUT2D eigenvalue weighted by Gasteiger charge is -1.87. The first-order valence-electron chi connectivity index (χ1n) is 1.56. The van der Waals surface area contributed by atoms with Gasteiger partial charge in [0.25, 0.3) is 0 Å². The van der Waals surface area contributed by atoms with E-state index in [1.165, 1.54) is 6.42 Å². The molecule has 32 valence electrons. The molecule has 0 aliphatic heterocycles. The lowest BCUT2D eigenvalue weighted by molar-refractivity contribution is -0.105. The summed E-state index contributed by atoms with van der Waals surface area (Å²) >= 11 is 0. The van der Waals surface area contributed by atoms with Gasteiger partial charge in [-0.05, 0) is 19.8 Å². The van der Waals surface area contributed by atoms with Crippen molar-refractivity contribution in [2.75, 3.05) is 0 Å². The number of carbonyl (C=O) groups excluding carboxylic acids is 1. The maximum absolute atomic E-state index is 9.46. The minimum Gasteiger partial charge on any atom is -0.303 e. The summed E-state index contributed by atoms with van der Waals surface area (Å²) in [6, 6.07) is 0. The van der Waals surface area contributed by atoms with Crippen LogP contribution in [0.4, 0.5) is 0 Å². The van der Waals surface area contributed by atoms with E-state index in [-0.39, 0.29) is 0 Å². The van der Waals surface area contributed by atoms with Gasteiger partial charge in [0.1, 0.15) is 6.29 Å². The van der Waals surface area contributed by atoms with Crippen molar-refractivity contribution in [2.45, 2.75) is 0 Å². The Hall–Kier alpha value is -0.330. The van der Waals surface area contributed by atoms with Crippen LogP contribution in [0.2, 0.25) is 0 Å². The van der Waals surface area contributed by atoms with Gasteiger partial charge in [-0.3, -0.25) is 0 Å². The molecule has 0 aromatic heterocycles. The number of carbonyl (C=O) groups is 1. The Bertz CT molecular complexity index is 39.2. The lowest BCUT2D eigenvalue weighted by atomic mass is 10.2. The van der Waals surface area contributed by atoms with Gasteiger partial charge >= 0.3 is 0 Å². The topological polar surface area (TPSA) is 17.1 Å². The lowest BCUT2D eigenvalue weighted by Crippen LogP contribution is -1.84. The van der Waals surface area contributed by atoms with Gasteiger partial charge < -0.3 is 4.79 Å². The third kappa shape index (κ3) is 3.67. The highest BCUT2D eigenvalue weighted by molar-refractivity contribution is 5.66. The molecule has 4 radical (unpaired) electrons. The molecule has 0 bridgehead atoms. The molecule has 0 saturated heterocycles. The molecule has 0 saturated carbocycles. The summed E-state index contributed by atoms with van der Waals surface area (Å²) < 4.78 is 0. The number of rotatable bonds is 2. The Morgan fingerprint density at radius 2 is 2.00 bits per heavy atom. The van der Waals surface area contributed by atoms with Crippen LogP contribution >= 0.6 is 0 Å². The molecule has 0 unspecified atom stereocenters. The molecule has 0 spiro atoms.